The van der Waals surface area contributed by atoms with Crippen LogP contribution in [-0.2, 0) is 0 Å². The molecule has 2 unspecified atom stereocenters. The van der Waals surface area contributed by atoms with Gasteiger partial charge in [-0.05, 0) is 24.2 Å². The Bertz CT molecular complexity index is 94.2. The van der Waals surface area contributed by atoms with E-state index in [0.29, 0.717) is 0 Å². The Hall–Kier alpha value is 0. The van der Waals surface area contributed by atoms with Gasteiger partial charge in [0.1, 0.15) is 0 Å². The molecule has 1 saturated carbocycles. The van der Waals surface area contributed by atoms with Gasteiger partial charge >= 0.3 is 0 Å². The van der Waals surface area contributed by atoms with Crippen molar-refractivity contribution in [3.63, 3.8) is 0 Å². The average molecular weight is 170 g/mol. The predicted molar refractivity (Wildman–Crippen MR) is 57.3 cm³/mol. The first kappa shape index (κ1) is 12.0. The van der Waals surface area contributed by atoms with Gasteiger partial charge in [-0.2, -0.15) is 0 Å². The van der Waals surface area contributed by atoms with Crippen molar-refractivity contribution in [2.45, 2.75) is 60.3 Å². The third kappa shape index (κ3) is 3.60. The fourth-order valence-corrected chi connectivity index (χ4v) is 2.34. The van der Waals surface area contributed by atoms with E-state index in [9.17, 15) is 0 Å². The van der Waals surface area contributed by atoms with Gasteiger partial charge in [0, 0.05) is 0 Å². The molecule has 0 aromatic carbocycles. The molecule has 0 spiro atoms. The van der Waals surface area contributed by atoms with Crippen LogP contribution < -0.4 is 0 Å². The third-order valence-electron chi connectivity index (χ3n) is 3.03. The van der Waals surface area contributed by atoms with Crippen molar-refractivity contribution in [3.05, 3.63) is 0 Å². The Morgan fingerprint density at radius 2 is 1.50 bits per heavy atom. The zero-order chi connectivity index (χ0) is 9.56. The van der Waals surface area contributed by atoms with Crippen molar-refractivity contribution in [2.24, 2.45) is 17.8 Å². The van der Waals surface area contributed by atoms with Gasteiger partial charge in [0.2, 0.25) is 0 Å². The van der Waals surface area contributed by atoms with Gasteiger partial charge in [0.15, 0.2) is 0 Å². The van der Waals surface area contributed by atoms with E-state index in [-0.39, 0.29) is 0 Å². The molecule has 2 atom stereocenters. The fourth-order valence-electron chi connectivity index (χ4n) is 2.34. The first-order valence-corrected chi connectivity index (χ1v) is 5.72. The summed E-state index contributed by atoms with van der Waals surface area (Å²) in [4.78, 5) is 0. The van der Waals surface area contributed by atoms with Gasteiger partial charge in [-0.3, -0.25) is 0 Å². The van der Waals surface area contributed by atoms with E-state index in [4.69, 9.17) is 0 Å². The lowest BCUT2D eigenvalue weighted by atomic mass is 9.75. The van der Waals surface area contributed by atoms with Crippen LogP contribution in [0.5, 0.6) is 0 Å². The van der Waals surface area contributed by atoms with Crippen LogP contribution in [0.3, 0.4) is 0 Å². The maximum absolute atomic E-state index is 2.42. The molecule has 0 heterocycles. The van der Waals surface area contributed by atoms with Gasteiger partial charge < -0.3 is 0 Å². The van der Waals surface area contributed by atoms with E-state index in [2.05, 4.69) is 20.8 Å². The minimum Gasteiger partial charge on any atom is -0.0683 e. The lowest BCUT2D eigenvalue weighted by molar-refractivity contribution is 0.196. The van der Waals surface area contributed by atoms with Crippen LogP contribution in [-0.4, -0.2) is 0 Å². The van der Waals surface area contributed by atoms with Crippen molar-refractivity contribution in [1.29, 1.82) is 0 Å². The predicted octanol–water partition coefficient (Wildman–Crippen LogP) is 4.49. The van der Waals surface area contributed by atoms with E-state index >= 15 is 0 Å². The Morgan fingerprint density at radius 3 is 1.83 bits per heavy atom. The van der Waals surface area contributed by atoms with Gasteiger partial charge in [-0.1, -0.05) is 53.9 Å². The van der Waals surface area contributed by atoms with E-state index in [0.717, 1.165) is 17.8 Å². The maximum Gasteiger partial charge on any atom is -0.0365 e. The minimum absolute atomic E-state index is 0.912. The molecule has 0 bridgehead atoms. The summed E-state index contributed by atoms with van der Waals surface area (Å²) in [5, 5.41) is 0. The molecular formula is C12H26. The monoisotopic (exact) mass is 170 g/mol. The number of rotatable bonds is 1. The Labute approximate surface area is 78.8 Å². The molecule has 0 saturated heterocycles. The Balaban J connectivity index is 0.000000561. The summed E-state index contributed by atoms with van der Waals surface area (Å²) in [6.07, 6.45) is 5.92. The molecule has 0 N–H and O–H groups in total. The summed E-state index contributed by atoms with van der Waals surface area (Å²) in [5.41, 5.74) is 0. The zero-order valence-electron chi connectivity index (χ0n) is 9.56. The maximum atomic E-state index is 2.42. The topological polar surface area (TPSA) is 0 Å². The van der Waals surface area contributed by atoms with Crippen LogP contribution in [0.4, 0.5) is 0 Å². The minimum atomic E-state index is 0.912. The second-order valence-electron chi connectivity index (χ2n) is 4.17. The van der Waals surface area contributed by atoms with Gasteiger partial charge in [-0.25, -0.2) is 0 Å². The molecule has 1 fully saturated rings. The molecule has 1 aliphatic rings. The van der Waals surface area contributed by atoms with Gasteiger partial charge in [0.25, 0.3) is 0 Å². The van der Waals surface area contributed by atoms with Crippen molar-refractivity contribution in [3.8, 4) is 0 Å². The molecule has 12 heavy (non-hydrogen) atoms. The lowest BCUT2D eigenvalue weighted by Gasteiger charge is -2.31. The van der Waals surface area contributed by atoms with E-state index in [1.54, 1.807) is 0 Å². The van der Waals surface area contributed by atoms with Crippen LogP contribution in [0.15, 0.2) is 0 Å². The molecule has 0 amide bonds. The summed E-state index contributed by atoms with van der Waals surface area (Å²) < 4.78 is 0. The van der Waals surface area contributed by atoms with Crippen LogP contribution in [0, 0.1) is 17.8 Å². The third-order valence-corrected chi connectivity index (χ3v) is 3.03. The number of hydrogen-bond donors (Lipinski definition) is 0. The van der Waals surface area contributed by atoms with Crippen molar-refractivity contribution in [1.82, 2.24) is 0 Å². The lowest BCUT2D eigenvalue weighted by Crippen LogP contribution is -2.21. The van der Waals surface area contributed by atoms with Crippen LogP contribution in [0.1, 0.15) is 60.3 Å². The van der Waals surface area contributed by atoms with E-state index < -0.39 is 0 Å². The molecule has 0 aromatic heterocycles. The first-order valence-electron chi connectivity index (χ1n) is 5.72. The van der Waals surface area contributed by atoms with E-state index in [1.807, 2.05) is 13.8 Å². The normalized spacial score (nSPS) is 29.5. The zero-order valence-corrected chi connectivity index (χ0v) is 9.56. The molecule has 0 aliphatic heterocycles. The van der Waals surface area contributed by atoms with Gasteiger partial charge in [-0.15, -0.1) is 0 Å². The molecule has 0 nitrogen and oxygen atoms in total. The smallest absolute Gasteiger partial charge is 0.0365 e. The molecule has 1 aliphatic carbocycles. The van der Waals surface area contributed by atoms with Crippen molar-refractivity contribution in [2.75, 3.05) is 0 Å². The standard InChI is InChI=1S/C10H20.C2H6/c1-8(2)10-7-5-4-6-9(10)3;1-2/h8-10H,4-7H2,1-3H3;1-2H3. The molecule has 0 aromatic rings. The Kier molecular flexibility index (Phi) is 6.51. The molecule has 74 valence electrons. The first-order chi connectivity index (χ1) is 5.72. The highest BCUT2D eigenvalue weighted by molar-refractivity contribution is 4.74. The summed E-state index contributed by atoms with van der Waals surface area (Å²) in [7, 11) is 0. The van der Waals surface area contributed by atoms with Crippen LogP contribution >= 0.6 is 0 Å². The largest absolute Gasteiger partial charge is 0.0683 e. The summed E-state index contributed by atoms with van der Waals surface area (Å²) in [6.45, 7) is 11.2. The van der Waals surface area contributed by atoms with Crippen molar-refractivity contribution >= 4 is 0 Å². The second-order valence-corrected chi connectivity index (χ2v) is 4.17. The fraction of sp³-hybridized carbons (Fsp3) is 1.00. The molecular weight excluding hydrogens is 144 g/mol. The quantitative estimate of drug-likeness (QED) is 0.543. The average Bonchev–Trinajstić information content (AvgIpc) is 2.08. The summed E-state index contributed by atoms with van der Waals surface area (Å²) in [6, 6.07) is 0. The Morgan fingerprint density at radius 1 is 1.00 bits per heavy atom. The highest BCUT2D eigenvalue weighted by Crippen LogP contribution is 2.34. The van der Waals surface area contributed by atoms with E-state index in [1.165, 1.54) is 25.7 Å². The highest BCUT2D eigenvalue weighted by Gasteiger charge is 2.23. The summed E-state index contributed by atoms with van der Waals surface area (Å²) >= 11 is 0. The van der Waals surface area contributed by atoms with Crippen LogP contribution in [0.25, 0.3) is 0 Å². The summed E-state index contributed by atoms with van der Waals surface area (Å²) in [5.74, 6) is 2.93. The molecule has 0 heteroatoms. The SMILES string of the molecule is CC.CC(C)C1CCCCC1C. The molecule has 0 radical (unpaired) electrons. The van der Waals surface area contributed by atoms with Gasteiger partial charge in [0.05, 0.1) is 0 Å². The molecule has 1 rings (SSSR count). The van der Waals surface area contributed by atoms with Crippen molar-refractivity contribution < 1.29 is 0 Å². The van der Waals surface area contributed by atoms with Crippen LogP contribution in [0.2, 0.25) is 0 Å². The highest BCUT2D eigenvalue weighted by atomic mass is 14.3. The number of hydrogen-bond acceptors (Lipinski definition) is 0. The second kappa shape index (κ2) is 6.51.